The summed E-state index contributed by atoms with van der Waals surface area (Å²) in [5.74, 6) is 0. The Labute approximate surface area is 321 Å². The Bertz CT molecular complexity index is 3230. The molecule has 11 rings (SSSR count). The Morgan fingerprint density at radius 1 is 0.418 bits per heavy atom. The Hall–Kier alpha value is -6.70. The van der Waals surface area contributed by atoms with Gasteiger partial charge in [-0.15, -0.1) is 0 Å². The van der Waals surface area contributed by atoms with Crippen LogP contribution in [0, 0.1) is 12.3 Å². The Morgan fingerprint density at radius 3 is 1.53 bits per heavy atom. The van der Waals surface area contributed by atoms with E-state index < -0.39 is 0 Å². The summed E-state index contributed by atoms with van der Waals surface area (Å²) in [6.07, 6.45) is 7.43. The molecule has 0 spiro atoms. The summed E-state index contributed by atoms with van der Waals surface area (Å²) >= 11 is 0. The minimum atomic E-state index is -0.208. The molecule has 0 bridgehead atoms. The van der Waals surface area contributed by atoms with Gasteiger partial charge >= 0.3 is 0 Å². The molecular weight excluding hydrogens is 663 g/mol. The lowest BCUT2D eigenvalue weighted by atomic mass is 9.73. The average molecular weight is 702 g/mol. The number of anilines is 3. The van der Waals surface area contributed by atoms with E-state index in [1.807, 2.05) is 0 Å². The van der Waals surface area contributed by atoms with Gasteiger partial charge < -0.3 is 4.90 Å². The van der Waals surface area contributed by atoms with Crippen molar-refractivity contribution < 1.29 is 0 Å². The first-order chi connectivity index (χ1) is 26.9. The van der Waals surface area contributed by atoms with Gasteiger partial charge in [0.25, 0.3) is 0 Å². The summed E-state index contributed by atoms with van der Waals surface area (Å²) in [4.78, 5) is 2.45. The highest BCUT2D eigenvalue weighted by Crippen LogP contribution is 2.50. The molecule has 0 saturated heterocycles. The van der Waals surface area contributed by atoms with Crippen LogP contribution in [-0.2, 0) is 0 Å². The first-order valence-electron chi connectivity index (χ1n) is 19.3. The Morgan fingerprint density at radius 2 is 0.927 bits per heavy atom. The third-order valence-corrected chi connectivity index (χ3v) is 11.9. The fourth-order valence-electron chi connectivity index (χ4n) is 9.76. The second-order valence-electron chi connectivity index (χ2n) is 15.8. The molecule has 0 radical (unpaired) electrons. The van der Waals surface area contributed by atoms with Gasteiger partial charge in [0, 0.05) is 27.6 Å². The van der Waals surface area contributed by atoms with Gasteiger partial charge in [0.1, 0.15) is 0 Å². The topological polar surface area (TPSA) is 3.24 Å². The molecule has 0 amide bonds. The van der Waals surface area contributed by atoms with Crippen LogP contribution in [0.3, 0.4) is 0 Å². The number of hydrogen-bond acceptors (Lipinski definition) is 1. The van der Waals surface area contributed by atoms with Crippen LogP contribution in [0.15, 0.2) is 182 Å². The van der Waals surface area contributed by atoms with Crippen LogP contribution >= 0.6 is 0 Å². The van der Waals surface area contributed by atoms with Gasteiger partial charge in [-0.3, -0.25) is 0 Å². The molecule has 9 aromatic carbocycles. The van der Waals surface area contributed by atoms with Crippen molar-refractivity contribution in [2.75, 3.05) is 4.90 Å². The number of benzene rings is 9. The van der Waals surface area contributed by atoms with Gasteiger partial charge in [-0.05, 0) is 137 Å². The molecule has 2 aliphatic carbocycles. The lowest BCUT2D eigenvalue weighted by Crippen LogP contribution is -2.28. The predicted octanol–water partition coefficient (Wildman–Crippen LogP) is 13.2. The van der Waals surface area contributed by atoms with Crippen molar-refractivity contribution >= 4 is 88.1 Å². The van der Waals surface area contributed by atoms with E-state index in [0.29, 0.717) is 0 Å². The molecule has 0 fully saturated rings. The smallest absolute Gasteiger partial charge is 0.0618 e. The van der Waals surface area contributed by atoms with Crippen LogP contribution in [0.25, 0.3) is 71.1 Å². The van der Waals surface area contributed by atoms with Gasteiger partial charge in [-0.2, -0.15) is 0 Å². The van der Waals surface area contributed by atoms with Crippen molar-refractivity contribution in [2.45, 2.75) is 20.8 Å². The van der Waals surface area contributed by atoms with Crippen molar-refractivity contribution in [2.24, 2.45) is 5.41 Å². The summed E-state index contributed by atoms with van der Waals surface area (Å²) < 4.78 is 0. The van der Waals surface area contributed by atoms with E-state index >= 15 is 0 Å². The number of rotatable bonds is 4. The molecule has 55 heavy (non-hydrogen) atoms. The van der Waals surface area contributed by atoms with E-state index in [0.717, 1.165) is 11.4 Å². The van der Waals surface area contributed by atoms with E-state index in [2.05, 4.69) is 208 Å². The van der Waals surface area contributed by atoms with Crippen molar-refractivity contribution in [1.29, 1.82) is 0 Å². The monoisotopic (exact) mass is 701 g/mol. The summed E-state index contributed by atoms with van der Waals surface area (Å²) in [5, 5.41) is 15.5. The largest absolute Gasteiger partial charge is 0.309 e. The standard InChI is InChI=1S/C54H39N/c1-34-16-15-19-39(28-34)55(38-17-5-4-6-18-38)53-46-26-13-11-24-44(46)51(45-25-12-14-27-47(45)53)37-30-36-29-35-31-49-42-22-9-7-20-40(42)41-21-8-10-23-43(41)50(49)32-48(35)52(36)54(2,3)33-37/h4-33H,1-3H3. The first kappa shape index (κ1) is 31.8. The quantitative estimate of drug-likeness (QED) is 0.130. The molecule has 9 aromatic rings. The zero-order valence-corrected chi connectivity index (χ0v) is 31.3. The van der Waals surface area contributed by atoms with E-state index in [1.165, 1.54) is 97.8 Å². The van der Waals surface area contributed by atoms with Gasteiger partial charge in [-0.1, -0.05) is 147 Å². The highest BCUT2D eigenvalue weighted by atomic mass is 15.1. The van der Waals surface area contributed by atoms with E-state index in [4.69, 9.17) is 0 Å². The number of aryl methyl sites for hydroxylation is 1. The summed E-state index contributed by atoms with van der Waals surface area (Å²) in [7, 11) is 0. The lowest BCUT2D eigenvalue weighted by molar-refractivity contribution is 0.647. The van der Waals surface area contributed by atoms with Crippen molar-refractivity contribution in [1.82, 2.24) is 0 Å². The maximum absolute atomic E-state index is 2.53. The second kappa shape index (κ2) is 11.9. The third kappa shape index (κ3) is 4.79. The van der Waals surface area contributed by atoms with Gasteiger partial charge in [0.05, 0.1) is 5.69 Å². The highest BCUT2D eigenvalue weighted by Gasteiger charge is 2.32. The maximum Gasteiger partial charge on any atom is 0.0618 e. The number of allylic oxidation sites excluding steroid dienone is 4. The van der Waals surface area contributed by atoms with Gasteiger partial charge in [-0.25, -0.2) is 0 Å². The molecule has 0 aliphatic heterocycles. The lowest BCUT2D eigenvalue weighted by Gasteiger charge is -2.32. The summed E-state index contributed by atoms with van der Waals surface area (Å²) in [6, 6.07) is 60.4. The van der Waals surface area contributed by atoms with E-state index in [1.54, 1.807) is 0 Å². The summed E-state index contributed by atoms with van der Waals surface area (Å²) in [6.45, 7) is 6.97. The molecule has 0 atom stereocenters. The van der Waals surface area contributed by atoms with Gasteiger partial charge in [0.2, 0.25) is 0 Å². The Kier molecular flexibility index (Phi) is 6.88. The molecule has 0 saturated carbocycles. The van der Waals surface area contributed by atoms with E-state index in [9.17, 15) is 0 Å². The maximum atomic E-state index is 2.53. The van der Waals surface area contributed by atoms with E-state index in [-0.39, 0.29) is 5.41 Å². The van der Waals surface area contributed by atoms with Crippen LogP contribution in [0.1, 0.15) is 25.0 Å². The summed E-state index contributed by atoms with van der Waals surface area (Å²) in [5.41, 5.74) is 9.80. The molecule has 0 aromatic heterocycles. The third-order valence-electron chi connectivity index (χ3n) is 11.9. The van der Waals surface area contributed by atoms with Crippen LogP contribution in [0.5, 0.6) is 0 Å². The van der Waals surface area contributed by atoms with Gasteiger partial charge in [0.15, 0.2) is 0 Å². The zero-order chi connectivity index (χ0) is 36.8. The molecule has 0 heterocycles. The molecular formula is C54H39N. The van der Waals surface area contributed by atoms with Crippen LogP contribution in [0.2, 0.25) is 0 Å². The molecule has 2 aliphatic rings. The fraction of sp³-hybridized carbons (Fsp3) is 0.0741. The minimum absolute atomic E-state index is 0.208. The fourth-order valence-corrected chi connectivity index (χ4v) is 9.76. The molecule has 0 unspecified atom stereocenters. The molecule has 0 N–H and O–H groups in total. The van der Waals surface area contributed by atoms with Crippen molar-refractivity contribution in [3.8, 4) is 0 Å². The van der Waals surface area contributed by atoms with Crippen molar-refractivity contribution in [3.63, 3.8) is 0 Å². The SMILES string of the molecule is Cc1cccc(N(c2ccccc2)c2c3ccccc3c(C3=CC(C)(C)C4=c5cc6c7ccccc7c7ccccc7c6cc5=CC4=C3)c3ccccc23)c1. The normalized spacial score (nSPS) is 14.6. The number of fused-ring (bicyclic) bond motifs is 10. The molecule has 1 nitrogen and oxygen atoms in total. The number of para-hydroxylation sites is 1. The second-order valence-corrected chi connectivity index (χ2v) is 15.8. The van der Waals surface area contributed by atoms with Crippen LogP contribution in [0.4, 0.5) is 17.1 Å². The predicted molar refractivity (Wildman–Crippen MR) is 237 cm³/mol. The first-order valence-corrected chi connectivity index (χ1v) is 19.3. The van der Waals surface area contributed by atoms with Crippen LogP contribution < -0.4 is 15.3 Å². The zero-order valence-electron chi connectivity index (χ0n) is 31.3. The number of hydrogen-bond donors (Lipinski definition) is 0. The van der Waals surface area contributed by atoms with Crippen molar-refractivity contribution in [3.05, 3.63) is 203 Å². The highest BCUT2D eigenvalue weighted by molar-refractivity contribution is 6.26. The minimum Gasteiger partial charge on any atom is -0.309 e. The molecule has 1 heteroatoms. The number of nitrogens with zero attached hydrogens (tertiary/aromatic N) is 1. The average Bonchev–Trinajstić information content (AvgIpc) is 3.59. The molecule has 260 valence electrons. The van der Waals surface area contributed by atoms with Crippen LogP contribution in [-0.4, -0.2) is 0 Å². The Balaban J connectivity index is 1.18.